The van der Waals surface area contributed by atoms with Gasteiger partial charge in [0.15, 0.2) is 0 Å². The summed E-state index contributed by atoms with van der Waals surface area (Å²) in [5.74, 6) is 0.807. The number of aliphatic hydroxyl groups is 1. The molecule has 0 aliphatic carbocycles. The van der Waals surface area contributed by atoms with Gasteiger partial charge in [-0.2, -0.15) is 0 Å². The molecule has 0 saturated carbocycles. The van der Waals surface area contributed by atoms with Gasteiger partial charge in [0.2, 0.25) is 0 Å². The van der Waals surface area contributed by atoms with Gasteiger partial charge in [-0.3, -0.25) is 0 Å². The van der Waals surface area contributed by atoms with Gasteiger partial charge < -0.3 is 10.4 Å². The highest BCUT2D eigenvalue weighted by atomic mass is 16.2. The normalized spacial score (nSPS) is 11.2. The smallest absolute Gasteiger partial charge is 0.127 e. The Morgan fingerprint density at radius 1 is 0.633 bits per heavy atom. The van der Waals surface area contributed by atoms with Gasteiger partial charge in [-0.25, -0.2) is 4.98 Å². The Hall–Kier alpha value is -3.43. The highest BCUT2D eigenvalue weighted by molar-refractivity contribution is 5.58. The number of hydrogen-bond acceptors (Lipinski definition) is 3. The van der Waals surface area contributed by atoms with Crippen molar-refractivity contribution in [2.24, 2.45) is 0 Å². The highest BCUT2D eigenvalue weighted by Gasteiger charge is 2.36. The molecule has 30 heavy (non-hydrogen) atoms. The fourth-order valence-electron chi connectivity index (χ4n) is 3.92. The zero-order valence-electron chi connectivity index (χ0n) is 16.9. The number of anilines is 1. The number of aliphatic hydroxyl groups excluding tert-OH is 1. The second-order valence-electron chi connectivity index (χ2n) is 7.31. The lowest BCUT2D eigenvalue weighted by Crippen LogP contribution is -2.38. The molecule has 3 heteroatoms. The second-order valence-corrected chi connectivity index (χ2v) is 7.31. The van der Waals surface area contributed by atoms with E-state index in [2.05, 4.69) is 78.1 Å². The van der Waals surface area contributed by atoms with Crippen molar-refractivity contribution in [3.8, 4) is 0 Å². The van der Waals surface area contributed by atoms with Gasteiger partial charge in [-0.05, 0) is 41.7 Å². The number of pyridine rings is 1. The van der Waals surface area contributed by atoms with Crippen molar-refractivity contribution in [2.45, 2.75) is 18.4 Å². The van der Waals surface area contributed by atoms with Crippen LogP contribution in [-0.2, 0) is 12.0 Å². The van der Waals surface area contributed by atoms with Crippen LogP contribution in [0.3, 0.4) is 0 Å². The lowest BCUT2D eigenvalue weighted by molar-refractivity contribution is 0.288. The summed E-state index contributed by atoms with van der Waals surface area (Å²) < 4.78 is 0. The van der Waals surface area contributed by atoms with Gasteiger partial charge in [0.25, 0.3) is 0 Å². The fraction of sp³-hybridized carbons (Fsp3) is 0.148. The Labute approximate surface area is 178 Å². The average Bonchev–Trinajstić information content (AvgIpc) is 2.83. The first-order valence-electron chi connectivity index (χ1n) is 10.3. The lowest BCUT2D eigenvalue weighted by Gasteiger charge is -2.37. The second kappa shape index (κ2) is 9.38. The van der Waals surface area contributed by atoms with E-state index in [9.17, 15) is 5.11 Å². The molecule has 0 unspecified atom stereocenters. The minimum absolute atomic E-state index is 0.168. The zero-order valence-corrected chi connectivity index (χ0v) is 16.9. The van der Waals surface area contributed by atoms with E-state index in [1.165, 1.54) is 0 Å². The molecule has 0 spiro atoms. The molecule has 0 atom stereocenters. The summed E-state index contributed by atoms with van der Waals surface area (Å²) in [4.78, 5) is 4.85. The molecule has 0 fully saturated rings. The molecular weight excluding hydrogens is 368 g/mol. The largest absolute Gasteiger partial charge is 0.396 e. The molecule has 0 amide bonds. The molecule has 3 nitrogen and oxygen atoms in total. The number of benzene rings is 3. The van der Waals surface area contributed by atoms with Crippen LogP contribution >= 0.6 is 0 Å². The molecule has 4 aromatic rings. The summed E-state index contributed by atoms with van der Waals surface area (Å²) in [6.45, 7) is 0.168. The summed E-state index contributed by atoms with van der Waals surface area (Å²) in [6.07, 6.45) is 1.46. The van der Waals surface area contributed by atoms with Crippen molar-refractivity contribution in [1.82, 2.24) is 4.98 Å². The van der Waals surface area contributed by atoms with Crippen molar-refractivity contribution in [1.29, 1.82) is 0 Å². The molecule has 3 aromatic carbocycles. The predicted molar refractivity (Wildman–Crippen MR) is 122 cm³/mol. The Kier molecular flexibility index (Phi) is 6.21. The van der Waals surface area contributed by atoms with Gasteiger partial charge in [0.05, 0.1) is 0 Å². The van der Waals surface area contributed by atoms with Crippen LogP contribution in [0.25, 0.3) is 0 Å². The molecule has 150 valence electrons. The van der Waals surface area contributed by atoms with Gasteiger partial charge >= 0.3 is 0 Å². The molecule has 2 N–H and O–H groups in total. The van der Waals surface area contributed by atoms with Crippen LogP contribution in [-0.4, -0.2) is 16.7 Å². The first-order valence-corrected chi connectivity index (χ1v) is 10.3. The fourth-order valence-corrected chi connectivity index (χ4v) is 3.92. The lowest BCUT2D eigenvalue weighted by atomic mass is 9.77. The minimum atomic E-state index is -0.591. The van der Waals surface area contributed by atoms with Crippen LogP contribution in [0.5, 0.6) is 0 Å². The third-order valence-corrected chi connectivity index (χ3v) is 5.33. The van der Waals surface area contributed by atoms with Crippen LogP contribution in [0.4, 0.5) is 5.82 Å². The van der Waals surface area contributed by atoms with Crippen molar-refractivity contribution >= 4 is 5.82 Å². The standard InChI is InChI=1S/C27H26N2O/c30-21-11-19-25-18-10-20-26(28-25)29-27(22-12-4-1-5-13-22,23-14-6-2-7-15-23)24-16-8-3-9-17-24/h1-10,12-18,20,30H,11,19,21H2,(H,28,29). The monoisotopic (exact) mass is 394 g/mol. The van der Waals surface area contributed by atoms with Crippen molar-refractivity contribution in [2.75, 3.05) is 11.9 Å². The van der Waals surface area contributed by atoms with Crippen molar-refractivity contribution in [3.63, 3.8) is 0 Å². The first kappa shape index (κ1) is 19.9. The van der Waals surface area contributed by atoms with E-state index in [0.29, 0.717) is 6.42 Å². The Bertz CT molecular complexity index is 953. The molecule has 1 heterocycles. The Morgan fingerprint density at radius 3 is 1.60 bits per heavy atom. The van der Waals surface area contributed by atoms with Crippen LogP contribution in [0.1, 0.15) is 28.8 Å². The average molecular weight is 395 g/mol. The number of nitrogens with zero attached hydrogens (tertiary/aromatic N) is 1. The summed E-state index contributed by atoms with van der Waals surface area (Å²) in [7, 11) is 0. The van der Waals surface area contributed by atoms with Crippen LogP contribution in [0, 0.1) is 0 Å². The maximum absolute atomic E-state index is 9.19. The van der Waals surface area contributed by atoms with Gasteiger partial charge in [0.1, 0.15) is 11.4 Å². The van der Waals surface area contributed by atoms with E-state index in [1.54, 1.807) is 0 Å². The molecule has 0 bridgehead atoms. The predicted octanol–water partition coefficient (Wildman–Crippen LogP) is 5.41. The van der Waals surface area contributed by atoms with E-state index < -0.39 is 5.54 Å². The van der Waals surface area contributed by atoms with Crippen LogP contribution < -0.4 is 5.32 Å². The summed E-state index contributed by atoms with van der Waals surface area (Å²) in [5, 5.41) is 13.0. The third kappa shape index (κ3) is 4.12. The van der Waals surface area contributed by atoms with E-state index in [0.717, 1.165) is 34.6 Å². The topological polar surface area (TPSA) is 45.1 Å². The number of hydrogen-bond donors (Lipinski definition) is 2. The van der Waals surface area contributed by atoms with Crippen molar-refractivity contribution in [3.05, 3.63) is 132 Å². The number of aryl methyl sites for hydroxylation is 1. The maximum Gasteiger partial charge on any atom is 0.127 e. The van der Waals surface area contributed by atoms with E-state index in [-0.39, 0.29) is 6.61 Å². The molecule has 4 rings (SSSR count). The molecule has 1 aromatic heterocycles. The van der Waals surface area contributed by atoms with Gasteiger partial charge in [-0.1, -0.05) is 97.1 Å². The van der Waals surface area contributed by atoms with E-state index in [4.69, 9.17) is 4.98 Å². The maximum atomic E-state index is 9.19. The quantitative estimate of drug-likeness (QED) is 0.393. The Balaban J connectivity index is 1.89. The third-order valence-electron chi connectivity index (χ3n) is 5.33. The summed E-state index contributed by atoms with van der Waals surface area (Å²) in [5.41, 5.74) is 3.81. The van der Waals surface area contributed by atoms with E-state index >= 15 is 0 Å². The molecule has 0 aliphatic rings. The van der Waals surface area contributed by atoms with Crippen molar-refractivity contribution < 1.29 is 5.11 Å². The van der Waals surface area contributed by atoms with Gasteiger partial charge in [0, 0.05) is 12.3 Å². The van der Waals surface area contributed by atoms with Crippen LogP contribution in [0.2, 0.25) is 0 Å². The summed E-state index contributed by atoms with van der Waals surface area (Å²) in [6, 6.07) is 37.5. The molecule has 0 saturated heterocycles. The number of nitrogens with one attached hydrogen (secondary N) is 1. The summed E-state index contributed by atoms with van der Waals surface area (Å²) >= 11 is 0. The SMILES string of the molecule is OCCCc1cccc(NC(c2ccccc2)(c2ccccc2)c2ccccc2)n1. The first-order chi connectivity index (χ1) is 14.8. The molecular formula is C27H26N2O. The van der Waals surface area contributed by atoms with Crippen LogP contribution in [0.15, 0.2) is 109 Å². The highest BCUT2D eigenvalue weighted by Crippen LogP contribution is 2.39. The van der Waals surface area contributed by atoms with E-state index in [1.807, 2.05) is 36.4 Å². The number of rotatable bonds is 8. The molecule has 0 radical (unpaired) electrons. The Morgan fingerprint density at radius 2 is 1.13 bits per heavy atom. The molecule has 0 aliphatic heterocycles. The zero-order chi connectivity index (χ0) is 20.7. The van der Waals surface area contributed by atoms with Gasteiger partial charge in [-0.15, -0.1) is 0 Å². The number of aromatic nitrogens is 1. The minimum Gasteiger partial charge on any atom is -0.396 e.